The third kappa shape index (κ3) is 7.98. The number of thiazole rings is 2. The van der Waals surface area contributed by atoms with Gasteiger partial charge in [-0.05, 0) is 41.5 Å². The molecule has 0 fully saturated rings. The lowest BCUT2D eigenvalue weighted by Crippen LogP contribution is -2.47. The minimum Gasteiger partial charge on any atom is -0.464 e. The Balaban J connectivity index is 1.48. The van der Waals surface area contributed by atoms with E-state index in [1.165, 1.54) is 42.3 Å². The molecule has 0 aliphatic carbocycles. The zero-order chi connectivity index (χ0) is 29.9. The molecule has 1 atom stereocenters. The van der Waals surface area contributed by atoms with Crippen molar-refractivity contribution < 1.29 is 37.4 Å². The van der Waals surface area contributed by atoms with Crippen molar-refractivity contribution >= 4 is 40.7 Å². The van der Waals surface area contributed by atoms with E-state index in [0.717, 1.165) is 0 Å². The van der Waals surface area contributed by atoms with Gasteiger partial charge in [-0.3, -0.25) is 0 Å². The van der Waals surface area contributed by atoms with E-state index in [1.54, 1.807) is 52.3 Å². The monoisotopic (exact) mass is 603 g/mol. The second kappa shape index (κ2) is 11.8. The maximum Gasteiger partial charge on any atom is 0.408 e. The van der Waals surface area contributed by atoms with Gasteiger partial charge in [-0.15, -0.1) is 22.7 Å². The van der Waals surface area contributed by atoms with Gasteiger partial charge in [-0.25, -0.2) is 34.3 Å². The third-order valence-corrected chi connectivity index (χ3v) is 6.61. The summed E-state index contributed by atoms with van der Waals surface area (Å²) in [5.74, 6) is -0.808. The fourth-order valence-electron chi connectivity index (χ4n) is 3.26. The van der Waals surface area contributed by atoms with Crippen LogP contribution in [0.3, 0.4) is 0 Å². The number of amides is 1. The number of carbonyl (C=O) groups is 3. The van der Waals surface area contributed by atoms with E-state index in [9.17, 15) is 14.4 Å². The molecule has 41 heavy (non-hydrogen) atoms. The molecule has 4 aromatic rings. The summed E-state index contributed by atoms with van der Waals surface area (Å²) in [7, 11) is 1.26. The van der Waals surface area contributed by atoms with Gasteiger partial charge >= 0.3 is 18.0 Å². The zero-order valence-electron chi connectivity index (χ0n) is 23.5. The molecule has 0 saturated carbocycles. The molecule has 0 radical (unpaired) electrons. The molecular formula is C26H29N5O8S2. The molecule has 13 nitrogen and oxygen atoms in total. The molecule has 0 saturated heterocycles. The number of carbonyl (C=O) groups excluding carboxylic acids is 3. The number of methoxy groups -OCH3 is 1. The van der Waals surface area contributed by atoms with Crippen LogP contribution in [0.15, 0.2) is 32.1 Å². The highest BCUT2D eigenvalue weighted by molar-refractivity contribution is 7.13. The Morgan fingerprint density at radius 1 is 0.854 bits per heavy atom. The number of alkyl carbamates (subject to hydrolysis) is 1. The maximum atomic E-state index is 12.9. The fourth-order valence-corrected chi connectivity index (χ4v) is 4.82. The number of aromatic nitrogens is 4. The first kappa shape index (κ1) is 29.9. The van der Waals surface area contributed by atoms with Gasteiger partial charge in [0.2, 0.25) is 11.8 Å². The van der Waals surface area contributed by atoms with E-state index in [2.05, 4.69) is 30.0 Å². The Kier molecular flexibility index (Phi) is 8.58. The molecule has 218 valence electrons. The molecule has 0 aromatic carbocycles. The fraction of sp³-hybridized carbons (Fsp3) is 0.423. The van der Waals surface area contributed by atoms with Gasteiger partial charge in [0.25, 0.3) is 0 Å². The van der Waals surface area contributed by atoms with Gasteiger partial charge in [-0.1, -0.05) is 0 Å². The van der Waals surface area contributed by atoms with E-state index in [4.69, 9.17) is 18.3 Å². The van der Waals surface area contributed by atoms with Gasteiger partial charge in [0, 0.05) is 17.2 Å². The minimum atomic E-state index is -1.02. The highest BCUT2D eigenvalue weighted by Crippen LogP contribution is 2.31. The molecule has 1 N–H and O–H groups in total. The SMILES string of the molecule is COC(=O)c1coc(-c2csc(-c3coc(-c4csc(C[C@H](NC(=O)OC(C)(C)C)C(=O)OC(C)(C)C)n4)n3)n2)n1. The van der Waals surface area contributed by atoms with Crippen LogP contribution in [0.4, 0.5) is 4.79 Å². The lowest BCUT2D eigenvalue weighted by Gasteiger charge is -2.25. The quantitative estimate of drug-likeness (QED) is 0.208. The van der Waals surface area contributed by atoms with Gasteiger partial charge in [0.1, 0.15) is 51.9 Å². The standard InChI is InChI=1S/C26H29N5O8S2/c1-25(2,3)38-23(33)13(31-24(34)39-26(4,5)6)8-18-27-16(11-40-18)19-28-14(9-36-19)21-30-17(12-41-21)20-29-15(10-37-20)22(32)35-7/h9-13H,8H2,1-7H3,(H,31,34)/t13-/m0/s1. The lowest BCUT2D eigenvalue weighted by atomic mass is 10.1. The van der Waals surface area contributed by atoms with Crippen LogP contribution < -0.4 is 5.32 Å². The number of rotatable bonds is 8. The highest BCUT2D eigenvalue weighted by Gasteiger charge is 2.30. The zero-order valence-corrected chi connectivity index (χ0v) is 25.1. The Morgan fingerprint density at radius 3 is 2.17 bits per heavy atom. The number of ether oxygens (including phenoxy) is 3. The first-order valence-electron chi connectivity index (χ1n) is 12.3. The van der Waals surface area contributed by atoms with Crippen LogP contribution in [0, 0.1) is 0 Å². The van der Waals surface area contributed by atoms with Crippen molar-refractivity contribution in [1.82, 2.24) is 25.3 Å². The average Bonchev–Trinajstić information content (AvgIpc) is 3.66. The molecule has 1 amide bonds. The van der Waals surface area contributed by atoms with Crippen LogP contribution in [-0.4, -0.2) is 62.3 Å². The van der Waals surface area contributed by atoms with Crippen molar-refractivity contribution in [2.24, 2.45) is 0 Å². The van der Waals surface area contributed by atoms with Gasteiger partial charge < -0.3 is 28.4 Å². The Bertz CT molecular complexity index is 1540. The van der Waals surface area contributed by atoms with Crippen molar-refractivity contribution in [3.05, 3.63) is 34.0 Å². The summed E-state index contributed by atoms with van der Waals surface area (Å²) in [6, 6.07) is -1.02. The molecule has 4 aromatic heterocycles. The van der Waals surface area contributed by atoms with E-state index in [-0.39, 0.29) is 23.9 Å². The van der Waals surface area contributed by atoms with Gasteiger partial charge in [-0.2, -0.15) is 0 Å². The first-order valence-corrected chi connectivity index (χ1v) is 14.1. The predicted octanol–water partition coefficient (Wildman–Crippen LogP) is 5.14. The molecule has 15 heteroatoms. The van der Waals surface area contributed by atoms with Gasteiger partial charge in [0.05, 0.1) is 12.1 Å². The van der Waals surface area contributed by atoms with E-state index < -0.39 is 35.3 Å². The summed E-state index contributed by atoms with van der Waals surface area (Å²) in [6.07, 6.45) is 1.98. The molecule has 4 rings (SSSR count). The first-order chi connectivity index (χ1) is 19.2. The van der Waals surface area contributed by atoms with Crippen molar-refractivity contribution in [2.45, 2.75) is 65.2 Å². The highest BCUT2D eigenvalue weighted by atomic mass is 32.1. The maximum absolute atomic E-state index is 12.9. The number of esters is 2. The Hall–Kier alpha value is -4.11. The van der Waals surface area contributed by atoms with E-state index in [0.29, 0.717) is 27.1 Å². The summed E-state index contributed by atoms with van der Waals surface area (Å²) < 4.78 is 26.4. The van der Waals surface area contributed by atoms with Crippen LogP contribution in [-0.2, 0) is 25.4 Å². The molecular weight excluding hydrogens is 574 g/mol. The number of oxazole rings is 2. The van der Waals surface area contributed by atoms with Gasteiger partial charge in [0.15, 0.2) is 5.69 Å². The van der Waals surface area contributed by atoms with Crippen LogP contribution >= 0.6 is 22.7 Å². The summed E-state index contributed by atoms with van der Waals surface area (Å²) in [6.45, 7) is 10.4. The van der Waals surface area contributed by atoms with E-state index in [1.807, 2.05) is 0 Å². The van der Waals surface area contributed by atoms with E-state index >= 15 is 0 Å². The van der Waals surface area contributed by atoms with Crippen LogP contribution in [0.5, 0.6) is 0 Å². The molecule has 0 aliphatic rings. The summed E-state index contributed by atoms with van der Waals surface area (Å²) in [5.41, 5.74) is -0.119. The van der Waals surface area contributed by atoms with Crippen molar-refractivity contribution in [3.8, 4) is 33.9 Å². The summed E-state index contributed by atoms with van der Waals surface area (Å²) in [4.78, 5) is 54.5. The largest absolute Gasteiger partial charge is 0.464 e. The topological polar surface area (TPSA) is 169 Å². The van der Waals surface area contributed by atoms with Crippen molar-refractivity contribution in [2.75, 3.05) is 7.11 Å². The van der Waals surface area contributed by atoms with Crippen molar-refractivity contribution in [1.29, 1.82) is 0 Å². The summed E-state index contributed by atoms with van der Waals surface area (Å²) >= 11 is 2.57. The lowest BCUT2D eigenvalue weighted by molar-refractivity contribution is -0.157. The second-order valence-corrected chi connectivity index (χ2v) is 12.5. The van der Waals surface area contributed by atoms with Crippen molar-refractivity contribution in [3.63, 3.8) is 0 Å². The Labute approximate surface area is 243 Å². The number of hydrogen-bond acceptors (Lipinski definition) is 14. The van der Waals surface area contributed by atoms with Crippen LogP contribution in [0.2, 0.25) is 0 Å². The molecule has 0 unspecified atom stereocenters. The minimum absolute atomic E-state index is 0.0373. The predicted molar refractivity (Wildman–Crippen MR) is 148 cm³/mol. The number of nitrogens with zero attached hydrogens (tertiary/aromatic N) is 4. The Morgan fingerprint density at radius 2 is 1.49 bits per heavy atom. The normalized spacial score (nSPS) is 12.6. The van der Waals surface area contributed by atoms with Crippen LogP contribution in [0.1, 0.15) is 57.0 Å². The summed E-state index contributed by atoms with van der Waals surface area (Å²) in [5, 5.41) is 7.13. The molecule has 0 aliphatic heterocycles. The smallest absolute Gasteiger partial charge is 0.408 e. The second-order valence-electron chi connectivity index (χ2n) is 10.7. The number of nitrogens with one attached hydrogen (secondary N) is 1. The average molecular weight is 604 g/mol. The van der Waals surface area contributed by atoms with Crippen LogP contribution in [0.25, 0.3) is 33.9 Å². The molecule has 0 bridgehead atoms. The molecule has 0 spiro atoms. The number of hydrogen-bond donors (Lipinski definition) is 1. The molecule has 4 heterocycles. The third-order valence-electron chi connectivity index (χ3n) is 4.88.